The zero-order valence-electron chi connectivity index (χ0n) is 16.8. The molecule has 1 aromatic heterocycles. The second kappa shape index (κ2) is 10.9. The number of methoxy groups -OCH3 is 1. The van der Waals surface area contributed by atoms with Crippen molar-refractivity contribution in [1.29, 1.82) is 0 Å². The summed E-state index contributed by atoms with van der Waals surface area (Å²) in [5.41, 5.74) is 0.640. The third-order valence-electron chi connectivity index (χ3n) is 4.04. The Labute approximate surface area is 169 Å². The third-order valence-corrected chi connectivity index (χ3v) is 4.04. The fourth-order valence-corrected chi connectivity index (χ4v) is 2.49. The first-order valence-electron chi connectivity index (χ1n) is 9.03. The second-order valence-corrected chi connectivity index (χ2v) is 6.55. The SMILES string of the molecule is COc1ccc(NC(=O)CN(C)CC(=O)N(C)CC(=O)NCc2ccco2)cc1. The van der Waals surface area contributed by atoms with Crippen LogP contribution in [0.1, 0.15) is 5.76 Å². The zero-order chi connectivity index (χ0) is 21.2. The summed E-state index contributed by atoms with van der Waals surface area (Å²) >= 11 is 0. The standard InChI is InChI=1S/C20H26N4O5/c1-23(12-19(26)22-15-6-8-16(28-3)9-7-15)14-20(27)24(2)13-18(25)21-11-17-5-4-10-29-17/h4-10H,11-14H2,1-3H3,(H,21,25)(H,22,26). The summed E-state index contributed by atoms with van der Waals surface area (Å²) in [6.45, 7) is 0.235. The highest BCUT2D eigenvalue weighted by atomic mass is 16.5. The maximum absolute atomic E-state index is 12.3. The summed E-state index contributed by atoms with van der Waals surface area (Å²) in [6.07, 6.45) is 1.53. The number of nitrogens with one attached hydrogen (secondary N) is 2. The van der Waals surface area contributed by atoms with Crippen molar-refractivity contribution in [3.8, 4) is 5.75 Å². The molecule has 156 valence electrons. The minimum Gasteiger partial charge on any atom is -0.497 e. The molecule has 9 heteroatoms. The molecule has 0 aliphatic carbocycles. The number of ether oxygens (including phenoxy) is 1. The molecule has 0 aliphatic rings. The zero-order valence-corrected chi connectivity index (χ0v) is 16.8. The molecule has 29 heavy (non-hydrogen) atoms. The molecule has 1 aromatic carbocycles. The number of amides is 3. The fourth-order valence-electron chi connectivity index (χ4n) is 2.49. The van der Waals surface area contributed by atoms with E-state index in [-0.39, 0.29) is 43.9 Å². The summed E-state index contributed by atoms with van der Waals surface area (Å²) in [7, 11) is 4.77. The van der Waals surface area contributed by atoms with E-state index < -0.39 is 0 Å². The number of anilines is 1. The molecule has 2 rings (SSSR count). The molecule has 2 aromatic rings. The predicted octanol–water partition coefficient (Wildman–Crippen LogP) is 0.933. The normalized spacial score (nSPS) is 10.5. The lowest BCUT2D eigenvalue weighted by Crippen LogP contribution is -2.43. The number of furan rings is 1. The van der Waals surface area contributed by atoms with Crippen molar-refractivity contribution in [3.63, 3.8) is 0 Å². The molecule has 0 bridgehead atoms. The Morgan fingerprint density at radius 2 is 1.72 bits per heavy atom. The van der Waals surface area contributed by atoms with E-state index in [0.717, 1.165) is 0 Å². The van der Waals surface area contributed by atoms with Crippen LogP contribution >= 0.6 is 0 Å². The number of hydrogen-bond acceptors (Lipinski definition) is 6. The van der Waals surface area contributed by atoms with Crippen molar-refractivity contribution in [1.82, 2.24) is 15.1 Å². The fraction of sp³-hybridized carbons (Fsp3) is 0.350. The highest BCUT2D eigenvalue weighted by Gasteiger charge is 2.16. The van der Waals surface area contributed by atoms with Crippen LogP contribution in [0.5, 0.6) is 5.75 Å². The molecule has 9 nitrogen and oxygen atoms in total. The Hall–Kier alpha value is -3.33. The van der Waals surface area contributed by atoms with Gasteiger partial charge in [0.15, 0.2) is 0 Å². The van der Waals surface area contributed by atoms with Crippen LogP contribution in [0, 0.1) is 0 Å². The molecule has 0 saturated heterocycles. The first kappa shape index (κ1) is 22.0. The molecule has 0 fully saturated rings. The van der Waals surface area contributed by atoms with Crippen LogP contribution < -0.4 is 15.4 Å². The van der Waals surface area contributed by atoms with Crippen molar-refractivity contribution in [3.05, 3.63) is 48.4 Å². The van der Waals surface area contributed by atoms with Crippen LogP contribution in [0.2, 0.25) is 0 Å². The quantitative estimate of drug-likeness (QED) is 0.613. The van der Waals surface area contributed by atoms with Crippen LogP contribution in [0.3, 0.4) is 0 Å². The van der Waals surface area contributed by atoms with Gasteiger partial charge in [-0.15, -0.1) is 0 Å². The van der Waals surface area contributed by atoms with Crippen molar-refractivity contribution in [2.24, 2.45) is 0 Å². The van der Waals surface area contributed by atoms with Crippen molar-refractivity contribution >= 4 is 23.4 Å². The van der Waals surface area contributed by atoms with Gasteiger partial charge in [0.2, 0.25) is 17.7 Å². The van der Waals surface area contributed by atoms with Crippen LogP contribution in [0.4, 0.5) is 5.69 Å². The summed E-state index contributed by atoms with van der Waals surface area (Å²) < 4.78 is 10.2. The summed E-state index contributed by atoms with van der Waals surface area (Å²) in [5, 5.41) is 5.43. The highest BCUT2D eigenvalue weighted by molar-refractivity contribution is 5.92. The first-order chi connectivity index (χ1) is 13.9. The molecule has 3 amide bonds. The van der Waals surface area contributed by atoms with Crippen molar-refractivity contribution in [2.45, 2.75) is 6.54 Å². The maximum Gasteiger partial charge on any atom is 0.239 e. The number of hydrogen-bond donors (Lipinski definition) is 2. The Morgan fingerprint density at radius 3 is 2.34 bits per heavy atom. The minimum absolute atomic E-state index is 0.0119. The van der Waals surface area contributed by atoms with Crippen LogP contribution in [0.25, 0.3) is 0 Å². The lowest BCUT2D eigenvalue weighted by molar-refractivity contribution is -0.135. The van der Waals surface area contributed by atoms with E-state index in [2.05, 4.69) is 10.6 Å². The van der Waals surface area contributed by atoms with Crippen LogP contribution in [-0.2, 0) is 20.9 Å². The van der Waals surface area contributed by atoms with E-state index in [1.807, 2.05) is 0 Å². The van der Waals surface area contributed by atoms with Gasteiger partial charge in [-0.25, -0.2) is 0 Å². The van der Waals surface area contributed by atoms with E-state index in [1.165, 1.54) is 11.2 Å². The Morgan fingerprint density at radius 1 is 1.00 bits per heavy atom. The molecule has 0 aliphatic heterocycles. The van der Waals surface area contributed by atoms with Gasteiger partial charge in [0.05, 0.1) is 39.6 Å². The number of nitrogens with zero attached hydrogens (tertiary/aromatic N) is 2. The Kier molecular flexibility index (Phi) is 8.23. The number of likely N-dealkylation sites (N-methyl/N-ethyl adjacent to an activating group) is 2. The topological polar surface area (TPSA) is 104 Å². The molecule has 0 unspecified atom stereocenters. The number of benzene rings is 1. The van der Waals surface area contributed by atoms with Gasteiger partial charge in [0, 0.05) is 12.7 Å². The largest absolute Gasteiger partial charge is 0.497 e. The van der Waals surface area contributed by atoms with Crippen LogP contribution in [0.15, 0.2) is 47.1 Å². The average Bonchev–Trinajstić information content (AvgIpc) is 3.20. The molecule has 0 atom stereocenters. The van der Waals surface area contributed by atoms with Gasteiger partial charge in [0.25, 0.3) is 0 Å². The first-order valence-corrected chi connectivity index (χ1v) is 9.03. The minimum atomic E-state index is -0.294. The van der Waals surface area contributed by atoms with Gasteiger partial charge in [0.1, 0.15) is 11.5 Å². The second-order valence-electron chi connectivity index (χ2n) is 6.55. The third kappa shape index (κ3) is 7.67. The lowest BCUT2D eigenvalue weighted by Gasteiger charge is -2.21. The van der Waals surface area contributed by atoms with Gasteiger partial charge in [-0.2, -0.15) is 0 Å². The number of carbonyl (C=O) groups excluding carboxylic acids is 3. The van der Waals surface area contributed by atoms with Gasteiger partial charge < -0.3 is 24.7 Å². The molecular weight excluding hydrogens is 376 g/mol. The lowest BCUT2D eigenvalue weighted by atomic mass is 10.3. The molecule has 0 saturated carbocycles. The Bertz CT molecular complexity index is 805. The molecule has 2 N–H and O–H groups in total. The summed E-state index contributed by atoms with van der Waals surface area (Å²) in [6, 6.07) is 10.4. The van der Waals surface area contributed by atoms with Gasteiger partial charge in [-0.1, -0.05) is 0 Å². The van der Waals surface area contributed by atoms with Crippen molar-refractivity contribution < 1.29 is 23.5 Å². The monoisotopic (exact) mass is 402 g/mol. The average molecular weight is 402 g/mol. The summed E-state index contributed by atoms with van der Waals surface area (Å²) in [5.74, 6) is 0.524. The summed E-state index contributed by atoms with van der Waals surface area (Å²) in [4.78, 5) is 39.2. The van der Waals surface area contributed by atoms with Gasteiger partial charge in [-0.05, 0) is 43.4 Å². The van der Waals surface area contributed by atoms with E-state index in [1.54, 1.807) is 62.5 Å². The highest BCUT2D eigenvalue weighted by Crippen LogP contribution is 2.14. The number of rotatable bonds is 10. The predicted molar refractivity (Wildman–Crippen MR) is 107 cm³/mol. The van der Waals surface area contributed by atoms with Gasteiger partial charge >= 0.3 is 0 Å². The van der Waals surface area contributed by atoms with Gasteiger partial charge in [-0.3, -0.25) is 19.3 Å². The maximum atomic E-state index is 12.3. The smallest absolute Gasteiger partial charge is 0.239 e. The van der Waals surface area contributed by atoms with Crippen molar-refractivity contribution in [2.75, 3.05) is 46.2 Å². The molecule has 0 spiro atoms. The van der Waals surface area contributed by atoms with E-state index in [0.29, 0.717) is 17.2 Å². The molecular formula is C20H26N4O5. The van der Waals surface area contributed by atoms with E-state index >= 15 is 0 Å². The number of carbonyl (C=O) groups is 3. The van der Waals surface area contributed by atoms with E-state index in [4.69, 9.17) is 9.15 Å². The van der Waals surface area contributed by atoms with Crippen LogP contribution in [-0.4, -0.2) is 68.4 Å². The molecule has 1 heterocycles. The molecule has 0 radical (unpaired) electrons. The van der Waals surface area contributed by atoms with E-state index in [9.17, 15) is 14.4 Å². The Balaban J connectivity index is 1.70.